The molecular weight excluding hydrogens is 715 g/mol. The van der Waals surface area contributed by atoms with Gasteiger partial charge in [0.1, 0.15) is 0 Å². The normalized spacial score (nSPS) is 13.3. The van der Waals surface area contributed by atoms with Gasteiger partial charge in [-0.25, -0.2) is 0 Å². The zero-order valence-corrected chi connectivity index (χ0v) is 31.9. The molecule has 5 heteroatoms. The van der Waals surface area contributed by atoms with E-state index in [1.165, 1.54) is 99.0 Å². The molecule has 14 rings (SSSR count). The topological polar surface area (TPSA) is 15.8 Å². The average molecular weight is 749 g/mol. The van der Waals surface area contributed by atoms with Gasteiger partial charge < -0.3 is 18.8 Å². The van der Waals surface area contributed by atoms with Crippen LogP contribution in [0.25, 0.3) is 65.6 Å². The van der Waals surface area contributed by atoms with E-state index >= 15 is 0 Å². The van der Waals surface area contributed by atoms with Crippen LogP contribution >= 0.6 is 0 Å². The molecule has 0 bridgehead atoms. The van der Waals surface area contributed by atoms with E-state index < -0.39 is 0 Å². The number of fused-ring (bicyclic) bond motifs is 14. The van der Waals surface area contributed by atoms with Gasteiger partial charge in [-0.2, -0.15) is 0 Å². The maximum absolute atomic E-state index is 2.55. The van der Waals surface area contributed by atoms with E-state index in [0.717, 1.165) is 17.1 Å². The summed E-state index contributed by atoms with van der Waals surface area (Å²) in [5.74, 6) is 0. The summed E-state index contributed by atoms with van der Waals surface area (Å²) in [5.41, 5.74) is 18.5. The number of nitrogens with zero attached hydrogens (tertiary/aromatic N) is 4. The summed E-state index contributed by atoms with van der Waals surface area (Å²) in [5, 5.41) is 7.74. The van der Waals surface area contributed by atoms with Crippen molar-refractivity contribution in [1.29, 1.82) is 0 Å². The van der Waals surface area contributed by atoms with E-state index in [9.17, 15) is 0 Å². The number of aromatic nitrogens is 2. The van der Waals surface area contributed by atoms with Gasteiger partial charge in [-0.15, -0.1) is 0 Å². The maximum atomic E-state index is 2.55. The first-order chi connectivity index (χ1) is 29.3. The van der Waals surface area contributed by atoms with E-state index in [2.05, 4.69) is 219 Å². The van der Waals surface area contributed by atoms with Gasteiger partial charge >= 0.3 is 0 Å². The van der Waals surface area contributed by atoms with E-state index in [1.807, 2.05) is 0 Å². The molecule has 0 fully saturated rings. The standard InChI is InChI=1S/C54H33BN4/c1-4-16-34(17-5-1)56-44-27-13-11-23-40(44)51-45(56)30-31-48-53(51)55-42-32-41-39-25-14-24-38-37-22-10-12-26-43(37)59(54(38)39)49(41)33-50(42)58(36-20-8-3-9-21-36)47-29-15-28-46(52(47)55)57(48)35-18-6-2-7-19-35/h1-33H. The Morgan fingerprint density at radius 3 is 1.58 bits per heavy atom. The average Bonchev–Trinajstić information content (AvgIpc) is 3.94. The van der Waals surface area contributed by atoms with Crippen molar-refractivity contribution in [2.24, 2.45) is 0 Å². The van der Waals surface area contributed by atoms with Crippen LogP contribution in [0.4, 0.5) is 34.1 Å². The number of hydrogen-bond acceptors (Lipinski definition) is 2. The Morgan fingerprint density at radius 2 is 0.864 bits per heavy atom. The highest BCUT2D eigenvalue weighted by molar-refractivity contribution is 7.02. The lowest BCUT2D eigenvalue weighted by atomic mass is 9.33. The first-order valence-electron chi connectivity index (χ1n) is 20.5. The van der Waals surface area contributed by atoms with Crippen LogP contribution < -0.4 is 26.2 Å². The van der Waals surface area contributed by atoms with Crippen LogP contribution in [0.15, 0.2) is 200 Å². The summed E-state index contributed by atoms with van der Waals surface area (Å²) in [6, 6.07) is 74.1. The molecule has 2 aliphatic heterocycles. The Morgan fingerprint density at radius 1 is 0.322 bits per heavy atom. The third-order valence-electron chi connectivity index (χ3n) is 13.2. The first-order valence-corrected chi connectivity index (χ1v) is 20.5. The van der Waals surface area contributed by atoms with Crippen molar-refractivity contribution in [3.8, 4) is 5.69 Å². The smallest absolute Gasteiger partial charge is 0.253 e. The van der Waals surface area contributed by atoms with Gasteiger partial charge in [0, 0.05) is 72.1 Å². The lowest BCUT2D eigenvalue weighted by molar-refractivity contribution is 1.18. The highest BCUT2D eigenvalue weighted by Gasteiger charge is 2.45. The number of rotatable bonds is 3. The molecule has 0 saturated heterocycles. The zero-order chi connectivity index (χ0) is 38.3. The molecule has 0 atom stereocenters. The Labute approximate surface area is 340 Å². The summed E-state index contributed by atoms with van der Waals surface area (Å²) >= 11 is 0. The third kappa shape index (κ3) is 3.99. The van der Waals surface area contributed by atoms with Gasteiger partial charge in [0.2, 0.25) is 0 Å². The molecule has 9 aromatic carbocycles. The predicted molar refractivity (Wildman–Crippen MR) is 249 cm³/mol. The summed E-state index contributed by atoms with van der Waals surface area (Å²) < 4.78 is 4.98. The molecule has 5 heterocycles. The highest BCUT2D eigenvalue weighted by atomic mass is 15.2. The van der Waals surface area contributed by atoms with Crippen molar-refractivity contribution in [3.63, 3.8) is 0 Å². The van der Waals surface area contributed by atoms with Gasteiger partial charge in [-0.1, -0.05) is 121 Å². The fraction of sp³-hybridized carbons (Fsp3) is 0. The van der Waals surface area contributed by atoms with Crippen molar-refractivity contribution >= 4 is 117 Å². The first kappa shape index (κ1) is 31.3. The number of para-hydroxylation sites is 6. The quantitative estimate of drug-likeness (QED) is 0.167. The van der Waals surface area contributed by atoms with Gasteiger partial charge in [0.05, 0.1) is 27.6 Å². The van der Waals surface area contributed by atoms with Crippen molar-refractivity contribution in [2.45, 2.75) is 0 Å². The molecule has 2 aliphatic rings. The second-order valence-electron chi connectivity index (χ2n) is 16.0. The largest absolute Gasteiger partial charge is 0.311 e. The van der Waals surface area contributed by atoms with E-state index in [0.29, 0.717) is 0 Å². The SMILES string of the molecule is c1ccc(N2c3cc4c(cc3B3c5c2cccc5N(c2ccccc2)c2ccc5c(c23)c2ccccc2n5-c2ccccc2)c2cccc3c5ccccc5n4c32)cc1. The highest BCUT2D eigenvalue weighted by Crippen LogP contribution is 2.48. The molecular formula is C54H33BN4. The molecule has 0 unspecified atom stereocenters. The van der Waals surface area contributed by atoms with Gasteiger partial charge in [0.25, 0.3) is 6.71 Å². The maximum Gasteiger partial charge on any atom is 0.253 e. The lowest BCUT2D eigenvalue weighted by Gasteiger charge is -2.44. The molecule has 3 aromatic heterocycles. The molecule has 0 radical (unpaired) electrons. The fourth-order valence-electron chi connectivity index (χ4n) is 11.0. The summed E-state index contributed by atoms with van der Waals surface area (Å²) in [7, 11) is 0. The number of anilines is 6. The molecule has 0 N–H and O–H groups in total. The molecule has 59 heavy (non-hydrogen) atoms. The van der Waals surface area contributed by atoms with Crippen LogP contribution in [-0.4, -0.2) is 15.7 Å². The van der Waals surface area contributed by atoms with Gasteiger partial charge in [-0.3, -0.25) is 0 Å². The van der Waals surface area contributed by atoms with Gasteiger partial charge in [-0.05, 0) is 95.3 Å². The zero-order valence-electron chi connectivity index (χ0n) is 31.9. The number of hydrogen-bond donors (Lipinski definition) is 0. The summed E-state index contributed by atoms with van der Waals surface area (Å²) in [6.45, 7) is -0.0499. The van der Waals surface area contributed by atoms with Crippen LogP contribution in [0.5, 0.6) is 0 Å². The van der Waals surface area contributed by atoms with Crippen LogP contribution in [0.3, 0.4) is 0 Å². The minimum absolute atomic E-state index is 0.0499. The molecule has 0 spiro atoms. The van der Waals surface area contributed by atoms with Crippen molar-refractivity contribution in [1.82, 2.24) is 8.97 Å². The Balaban J connectivity index is 1.18. The molecule has 12 aromatic rings. The predicted octanol–water partition coefficient (Wildman–Crippen LogP) is 12.0. The summed E-state index contributed by atoms with van der Waals surface area (Å²) in [6.07, 6.45) is 0. The molecule has 4 nitrogen and oxygen atoms in total. The van der Waals surface area contributed by atoms with Crippen molar-refractivity contribution < 1.29 is 0 Å². The van der Waals surface area contributed by atoms with Gasteiger partial charge in [0.15, 0.2) is 0 Å². The number of benzene rings is 9. The monoisotopic (exact) mass is 748 g/mol. The molecule has 0 aliphatic carbocycles. The van der Waals surface area contributed by atoms with E-state index in [1.54, 1.807) is 0 Å². The fourth-order valence-corrected chi connectivity index (χ4v) is 11.0. The molecule has 0 saturated carbocycles. The molecule has 272 valence electrons. The lowest BCUT2D eigenvalue weighted by Crippen LogP contribution is -2.61. The Hall–Kier alpha value is -7.76. The minimum Gasteiger partial charge on any atom is -0.311 e. The van der Waals surface area contributed by atoms with Crippen LogP contribution in [0.2, 0.25) is 0 Å². The van der Waals surface area contributed by atoms with Crippen molar-refractivity contribution in [2.75, 3.05) is 9.80 Å². The summed E-state index contributed by atoms with van der Waals surface area (Å²) in [4.78, 5) is 5.04. The molecule has 0 amide bonds. The second kappa shape index (κ2) is 11.4. The van der Waals surface area contributed by atoms with Crippen molar-refractivity contribution in [3.05, 3.63) is 200 Å². The Kier molecular flexibility index (Phi) is 6.07. The Bertz CT molecular complexity index is 3680. The second-order valence-corrected chi connectivity index (χ2v) is 16.0. The van der Waals surface area contributed by atoms with Crippen LogP contribution in [-0.2, 0) is 0 Å². The van der Waals surface area contributed by atoms with E-state index in [-0.39, 0.29) is 6.71 Å². The van der Waals surface area contributed by atoms with E-state index in [4.69, 9.17) is 0 Å². The van der Waals surface area contributed by atoms with Crippen LogP contribution in [0.1, 0.15) is 0 Å². The van der Waals surface area contributed by atoms with Crippen LogP contribution in [0, 0.1) is 0 Å². The minimum atomic E-state index is -0.0499. The third-order valence-corrected chi connectivity index (χ3v) is 13.2.